The van der Waals surface area contributed by atoms with E-state index in [4.69, 9.17) is 11.6 Å². The fourth-order valence-corrected chi connectivity index (χ4v) is 2.39. The quantitative estimate of drug-likeness (QED) is 0.347. The van der Waals surface area contributed by atoms with Gasteiger partial charge in [0.25, 0.3) is 0 Å². The normalized spacial score (nSPS) is 17.1. The van der Waals surface area contributed by atoms with E-state index in [1.54, 1.807) is 0 Å². The Morgan fingerprint density at radius 1 is 1.54 bits per heavy atom. The highest BCUT2D eigenvalue weighted by Crippen LogP contribution is 2.25. The van der Waals surface area contributed by atoms with E-state index in [-0.39, 0.29) is 0 Å². The van der Waals surface area contributed by atoms with E-state index in [1.165, 1.54) is 16.5 Å². The fraction of sp³-hybridized carbons (Fsp3) is 0.375. The number of nitrogens with zero attached hydrogens (tertiary/aromatic N) is 2. The van der Waals surface area contributed by atoms with Crippen molar-refractivity contribution in [3.05, 3.63) is 28.5 Å². The smallest absolute Gasteiger partial charge is 0.129 e. The van der Waals surface area contributed by atoms with Crippen molar-refractivity contribution < 1.29 is 0 Å². The van der Waals surface area contributed by atoms with E-state index < -0.39 is 0 Å². The van der Waals surface area contributed by atoms with Crippen LogP contribution in [0, 0.1) is 0 Å². The van der Waals surface area contributed by atoms with Gasteiger partial charge in [0.2, 0.25) is 0 Å². The molecule has 0 N–H and O–H groups in total. The monoisotopic (exact) mass is 232 g/mol. The molecule has 0 aliphatic carbocycles. The second-order valence-corrected chi connectivity index (χ2v) is 4.49. The van der Waals surface area contributed by atoms with Gasteiger partial charge in [-0.2, -0.15) is 0 Å². The Morgan fingerprint density at radius 3 is 3.15 bits per heavy atom. The van der Waals surface area contributed by atoms with Crippen molar-refractivity contribution in [2.24, 2.45) is 0 Å². The summed E-state index contributed by atoms with van der Waals surface area (Å²) in [4.78, 5) is 4.29. The van der Waals surface area contributed by atoms with Crippen LogP contribution in [0.25, 0.3) is 0 Å². The first-order valence-corrected chi connectivity index (χ1v) is 6.21. The largest absolute Gasteiger partial charge is 0.241 e. The Kier molecular flexibility index (Phi) is 3.03. The van der Waals surface area contributed by atoms with Gasteiger partial charge in [0.15, 0.2) is 0 Å². The molecule has 0 fully saturated rings. The van der Waals surface area contributed by atoms with E-state index in [0.29, 0.717) is 5.15 Å². The van der Waals surface area contributed by atoms with Crippen LogP contribution in [-0.4, -0.2) is 15.8 Å². The van der Waals surface area contributed by atoms with E-state index >= 15 is 0 Å². The molecule has 2 rings (SSSR count). The van der Waals surface area contributed by atoms with Gasteiger partial charge in [-0.3, -0.25) is 0 Å². The molecule has 0 amide bonds. The molecule has 13 heavy (non-hydrogen) atoms. The maximum absolute atomic E-state index is 5.80. The minimum atomic E-state index is 0.589. The van der Waals surface area contributed by atoms with Crippen molar-refractivity contribution in [3.8, 4) is 0 Å². The number of thiol groups is 1. The lowest BCUT2D eigenvalue weighted by Crippen LogP contribution is -2.24. The summed E-state index contributed by atoms with van der Waals surface area (Å²) in [6, 6.07) is 3.88. The molecule has 0 saturated carbocycles. The Bertz CT molecular complexity index is 319. The van der Waals surface area contributed by atoms with Crippen molar-refractivity contribution in [3.63, 3.8) is 0 Å². The van der Waals surface area contributed by atoms with Crippen molar-refractivity contribution >= 4 is 34.2 Å². The zero-order valence-corrected chi connectivity index (χ0v) is 9.37. The molecule has 1 aromatic rings. The van der Waals surface area contributed by atoms with E-state index in [2.05, 4.69) is 20.9 Å². The van der Waals surface area contributed by atoms with Crippen LogP contribution in [-0.2, 0) is 13.0 Å². The first-order valence-electron chi connectivity index (χ1n) is 4.00. The maximum Gasteiger partial charge on any atom is 0.129 e. The fourth-order valence-electron chi connectivity index (χ4n) is 1.43. The first-order chi connectivity index (χ1) is 6.29. The highest BCUT2D eigenvalue weighted by molar-refractivity contribution is 8.67. The Labute approximate surface area is 91.6 Å². The number of hydrogen-bond donors (Lipinski definition) is 1. The maximum atomic E-state index is 5.80. The standard InChI is InChI=1S/C8H9ClN2S2/c9-8-2-1-6-5-11(13-12)4-3-7(6)10-8/h1-2,12H,3-5H2. The molecule has 1 aliphatic rings. The Morgan fingerprint density at radius 2 is 2.38 bits per heavy atom. The number of hydrogen-bond acceptors (Lipinski definition) is 4. The first kappa shape index (κ1) is 9.65. The van der Waals surface area contributed by atoms with E-state index in [1.807, 2.05) is 12.1 Å². The summed E-state index contributed by atoms with van der Waals surface area (Å²) in [5.41, 5.74) is 2.39. The van der Waals surface area contributed by atoms with Crippen LogP contribution in [0.1, 0.15) is 11.3 Å². The van der Waals surface area contributed by atoms with Gasteiger partial charge in [0.05, 0.1) is 0 Å². The number of halogens is 1. The summed E-state index contributed by atoms with van der Waals surface area (Å²) in [5, 5.41) is 0.589. The molecule has 0 saturated heterocycles. The molecule has 2 nitrogen and oxygen atoms in total. The predicted octanol–water partition coefficient (Wildman–Crippen LogP) is 2.59. The van der Waals surface area contributed by atoms with Crippen molar-refractivity contribution in [1.29, 1.82) is 0 Å². The van der Waals surface area contributed by atoms with Gasteiger partial charge in [-0.25, -0.2) is 9.29 Å². The molecule has 1 aliphatic heterocycles. The summed E-state index contributed by atoms with van der Waals surface area (Å²) < 4.78 is 2.20. The summed E-state index contributed by atoms with van der Waals surface area (Å²) in [7, 11) is 1.48. The van der Waals surface area contributed by atoms with E-state index in [9.17, 15) is 0 Å². The average molecular weight is 233 g/mol. The average Bonchev–Trinajstić information content (AvgIpc) is 2.17. The lowest BCUT2D eigenvalue weighted by atomic mass is 10.1. The van der Waals surface area contributed by atoms with Gasteiger partial charge in [0, 0.05) is 25.2 Å². The lowest BCUT2D eigenvalue weighted by molar-refractivity contribution is 0.443. The van der Waals surface area contributed by atoms with Gasteiger partial charge < -0.3 is 0 Å². The molecule has 5 heteroatoms. The van der Waals surface area contributed by atoms with Crippen molar-refractivity contribution in [2.45, 2.75) is 13.0 Å². The summed E-state index contributed by atoms with van der Waals surface area (Å²) >= 11 is 9.97. The molecule has 70 valence electrons. The number of aromatic nitrogens is 1. The zero-order chi connectivity index (χ0) is 9.26. The summed E-state index contributed by atoms with van der Waals surface area (Å²) in [5.74, 6) is 0. The highest BCUT2D eigenvalue weighted by Gasteiger charge is 2.16. The highest BCUT2D eigenvalue weighted by atomic mass is 35.5. The SMILES string of the molecule is SSN1CCc2nc(Cl)ccc2C1. The molecule has 0 aromatic carbocycles. The molecule has 1 aromatic heterocycles. The molecule has 0 radical (unpaired) electrons. The third-order valence-electron chi connectivity index (χ3n) is 2.09. The topological polar surface area (TPSA) is 16.1 Å². The van der Waals surface area contributed by atoms with Crippen molar-refractivity contribution in [1.82, 2.24) is 9.29 Å². The summed E-state index contributed by atoms with van der Waals surface area (Å²) in [6.07, 6.45) is 0.962. The van der Waals surface area contributed by atoms with Crippen LogP contribution in [0.5, 0.6) is 0 Å². The lowest BCUT2D eigenvalue weighted by Gasteiger charge is -2.24. The van der Waals surface area contributed by atoms with Crippen LogP contribution >= 0.6 is 34.2 Å². The van der Waals surface area contributed by atoms with Gasteiger partial charge >= 0.3 is 0 Å². The van der Waals surface area contributed by atoms with Crippen LogP contribution in [0.15, 0.2) is 12.1 Å². The molecule has 2 heterocycles. The van der Waals surface area contributed by atoms with Crippen LogP contribution in [0.3, 0.4) is 0 Å². The summed E-state index contributed by atoms with van der Waals surface area (Å²) in [6.45, 7) is 1.90. The second kappa shape index (κ2) is 4.09. The molecule has 0 unspecified atom stereocenters. The van der Waals surface area contributed by atoms with Crippen molar-refractivity contribution in [2.75, 3.05) is 6.54 Å². The second-order valence-electron chi connectivity index (χ2n) is 2.93. The molecular weight excluding hydrogens is 224 g/mol. The Balaban J connectivity index is 2.26. The molecule has 0 atom stereocenters. The Hall–Kier alpha value is 0.1000. The van der Waals surface area contributed by atoms with Gasteiger partial charge in [-0.15, -0.1) is 0 Å². The predicted molar refractivity (Wildman–Crippen MR) is 59.9 cm³/mol. The third-order valence-corrected chi connectivity index (χ3v) is 3.54. The van der Waals surface area contributed by atoms with E-state index in [0.717, 1.165) is 25.2 Å². The van der Waals surface area contributed by atoms with Crippen LogP contribution in [0.4, 0.5) is 0 Å². The minimum Gasteiger partial charge on any atom is -0.241 e. The van der Waals surface area contributed by atoms with Gasteiger partial charge in [-0.1, -0.05) is 29.3 Å². The van der Waals surface area contributed by atoms with Crippen LogP contribution in [0.2, 0.25) is 5.15 Å². The number of rotatable bonds is 1. The van der Waals surface area contributed by atoms with Gasteiger partial charge in [-0.05, 0) is 22.6 Å². The number of fused-ring (bicyclic) bond motifs is 1. The zero-order valence-electron chi connectivity index (χ0n) is 6.90. The number of pyridine rings is 1. The molecule has 0 spiro atoms. The van der Waals surface area contributed by atoms with Crippen LogP contribution < -0.4 is 0 Å². The molecule has 0 bridgehead atoms. The third kappa shape index (κ3) is 2.13. The minimum absolute atomic E-state index is 0.589. The molecular formula is C8H9ClN2S2. The van der Waals surface area contributed by atoms with Gasteiger partial charge in [0.1, 0.15) is 5.15 Å².